The Morgan fingerprint density at radius 1 is 0.600 bits per heavy atom. The number of hydrogen-bond donors (Lipinski definition) is 0. The minimum atomic E-state index is 0.0133. The molecule has 0 saturated carbocycles. The summed E-state index contributed by atoms with van der Waals surface area (Å²) in [4.78, 5) is 11.8. The lowest BCUT2D eigenvalue weighted by Gasteiger charge is -2.07. The summed E-state index contributed by atoms with van der Waals surface area (Å²) >= 11 is 0. The Morgan fingerprint density at radius 2 is 1.06 bits per heavy atom. The summed E-state index contributed by atoms with van der Waals surface area (Å²) in [5.41, 5.74) is 0. The molecule has 35 heavy (non-hydrogen) atoms. The molecular weight excluding hydrogens is 428 g/mol. The van der Waals surface area contributed by atoms with Gasteiger partial charge >= 0.3 is 5.97 Å². The molecule has 1 atom stereocenters. The number of unbranched alkanes of at least 4 members (excludes halogenated alkanes) is 19. The minimum Gasteiger partial charge on any atom is -0.466 e. The molecule has 0 aliphatic heterocycles. The summed E-state index contributed by atoms with van der Waals surface area (Å²) in [5.74, 6) is 0.937. The van der Waals surface area contributed by atoms with E-state index in [0.29, 0.717) is 13.0 Å². The van der Waals surface area contributed by atoms with Gasteiger partial charge in [-0.25, -0.2) is 0 Å². The molecule has 2 heteroatoms. The molecule has 1 unspecified atom stereocenters. The highest BCUT2D eigenvalue weighted by molar-refractivity contribution is 5.69. The maximum atomic E-state index is 11.8. The zero-order chi connectivity index (χ0) is 25.7. The normalized spacial score (nSPS) is 12.4. The lowest BCUT2D eigenvalue weighted by molar-refractivity contribution is -0.143. The molecular formula is C33H64O2. The van der Waals surface area contributed by atoms with E-state index in [0.717, 1.165) is 25.2 Å². The van der Waals surface area contributed by atoms with Crippen LogP contribution < -0.4 is 0 Å². The van der Waals surface area contributed by atoms with Crippen molar-refractivity contribution in [1.82, 2.24) is 0 Å². The zero-order valence-electron chi connectivity index (χ0n) is 24.4. The van der Waals surface area contributed by atoms with Gasteiger partial charge in [-0.2, -0.15) is 0 Å². The zero-order valence-corrected chi connectivity index (χ0v) is 24.4. The standard InChI is InChI=1S/C33H64O2/c1-4-6-7-8-9-10-14-18-21-24-27-30-33(34)35-31-28-25-22-19-16-13-11-12-15-17-20-23-26-29-32(3)5-2/h8-9,32H,4-7,10-31H2,1-3H3. The lowest BCUT2D eigenvalue weighted by atomic mass is 9.99. The van der Waals surface area contributed by atoms with Crippen molar-refractivity contribution >= 4 is 5.97 Å². The van der Waals surface area contributed by atoms with Crippen molar-refractivity contribution in [3.05, 3.63) is 12.2 Å². The maximum absolute atomic E-state index is 11.8. The molecule has 0 aliphatic rings. The van der Waals surface area contributed by atoms with Crippen LogP contribution in [0.2, 0.25) is 0 Å². The van der Waals surface area contributed by atoms with Crippen LogP contribution in [-0.4, -0.2) is 12.6 Å². The fourth-order valence-electron chi connectivity index (χ4n) is 4.62. The Kier molecular flexibility index (Phi) is 28.8. The van der Waals surface area contributed by atoms with Gasteiger partial charge in [-0.1, -0.05) is 155 Å². The molecule has 0 N–H and O–H groups in total. The van der Waals surface area contributed by atoms with Gasteiger partial charge in [0.25, 0.3) is 0 Å². The van der Waals surface area contributed by atoms with Crippen molar-refractivity contribution in [3.63, 3.8) is 0 Å². The van der Waals surface area contributed by atoms with Gasteiger partial charge < -0.3 is 4.74 Å². The molecule has 0 amide bonds. The van der Waals surface area contributed by atoms with E-state index in [2.05, 4.69) is 32.9 Å². The highest BCUT2D eigenvalue weighted by atomic mass is 16.5. The quantitative estimate of drug-likeness (QED) is 0.0616. The van der Waals surface area contributed by atoms with Crippen LogP contribution in [0.25, 0.3) is 0 Å². The van der Waals surface area contributed by atoms with Crippen molar-refractivity contribution in [2.24, 2.45) is 5.92 Å². The minimum absolute atomic E-state index is 0.0133. The van der Waals surface area contributed by atoms with Crippen molar-refractivity contribution < 1.29 is 9.53 Å². The monoisotopic (exact) mass is 492 g/mol. The molecule has 0 aliphatic carbocycles. The Bertz CT molecular complexity index is 442. The van der Waals surface area contributed by atoms with E-state index in [-0.39, 0.29) is 5.97 Å². The fraction of sp³-hybridized carbons (Fsp3) is 0.909. The third-order valence-electron chi connectivity index (χ3n) is 7.44. The van der Waals surface area contributed by atoms with Gasteiger partial charge in [-0.3, -0.25) is 4.79 Å². The van der Waals surface area contributed by atoms with Gasteiger partial charge in [0.15, 0.2) is 0 Å². The largest absolute Gasteiger partial charge is 0.466 e. The Balaban J connectivity index is 3.18. The van der Waals surface area contributed by atoms with Crippen LogP contribution in [0.5, 0.6) is 0 Å². The Labute approximate surface area is 221 Å². The Hall–Kier alpha value is -0.790. The summed E-state index contributed by atoms with van der Waals surface area (Å²) < 4.78 is 5.41. The molecule has 0 radical (unpaired) electrons. The van der Waals surface area contributed by atoms with E-state index in [1.54, 1.807) is 0 Å². The number of hydrogen-bond acceptors (Lipinski definition) is 2. The first-order valence-corrected chi connectivity index (χ1v) is 16.0. The topological polar surface area (TPSA) is 26.3 Å². The van der Waals surface area contributed by atoms with E-state index >= 15 is 0 Å². The van der Waals surface area contributed by atoms with Crippen LogP contribution >= 0.6 is 0 Å². The first-order valence-electron chi connectivity index (χ1n) is 16.0. The molecule has 0 aromatic carbocycles. The van der Waals surface area contributed by atoms with Gasteiger partial charge in [-0.05, 0) is 38.0 Å². The first kappa shape index (κ1) is 34.2. The van der Waals surface area contributed by atoms with Crippen LogP contribution in [0.4, 0.5) is 0 Å². The summed E-state index contributed by atoms with van der Waals surface area (Å²) in [5, 5.41) is 0. The number of allylic oxidation sites excluding steroid dienone is 2. The third-order valence-corrected chi connectivity index (χ3v) is 7.44. The number of ether oxygens (including phenoxy) is 1. The second-order valence-electron chi connectivity index (χ2n) is 11.0. The van der Waals surface area contributed by atoms with Crippen LogP contribution in [0, 0.1) is 5.92 Å². The average Bonchev–Trinajstić information content (AvgIpc) is 2.86. The molecule has 0 spiro atoms. The van der Waals surface area contributed by atoms with Gasteiger partial charge in [0.2, 0.25) is 0 Å². The molecule has 208 valence electrons. The van der Waals surface area contributed by atoms with Crippen molar-refractivity contribution in [2.45, 2.75) is 181 Å². The van der Waals surface area contributed by atoms with Crippen LogP contribution in [-0.2, 0) is 9.53 Å². The number of carbonyl (C=O) groups excluding carboxylic acids is 1. The van der Waals surface area contributed by atoms with E-state index in [1.807, 2.05) is 0 Å². The lowest BCUT2D eigenvalue weighted by Crippen LogP contribution is -2.05. The summed E-state index contributed by atoms with van der Waals surface area (Å²) in [6.07, 6.45) is 36.8. The van der Waals surface area contributed by atoms with E-state index in [9.17, 15) is 4.79 Å². The number of carbonyl (C=O) groups is 1. The van der Waals surface area contributed by atoms with Crippen LogP contribution in [0.1, 0.15) is 181 Å². The van der Waals surface area contributed by atoms with Crippen molar-refractivity contribution in [3.8, 4) is 0 Å². The maximum Gasteiger partial charge on any atom is 0.305 e. The molecule has 0 aromatic heterocycles. The number of esters is 1. The molecule has 0 bridgehead atoms. The number of rotatable bonds is 28. The second-order valence-corrected chi connectivity index (χ2v) is 11.0. The van der Waals surface area contributed by atoms with Gasteiger partial charge in [0.05, 0.1) is 6.61 Å². The Morgan fingerprint density at radius 3 is 1.60 bits per heavy atom. The SMILES string of the molecule is CCCCC=CCCCCCCCC(=O)OCCCCCCCCCCCCCCCC(C)CC. The van der Waals surface area contributed by atoms with E-state index < -0.39 is 0 Å². The van der Waals surface area contributed by atoms with Gasteiger partial charge in [0, 0.05) is 6.42 Å². The fourth-order valence-corrected chi connectivity index (χ4v) is 4.62. The highest BCUT2D eigenvalue weighted by Crippen LogP contribution is 2.16. The molecule has 0 heterocycles. The highest BCUT2D eigenvalue weighted by Gasteiger charge is 2.02. The van der Waals surface area contributed by atoms with Crippen LogP contribution in [0.15, 0.2) is 12.2 Å². The van der Waals surface area contributed by atoms with Crippen molar-refractivity contribution in [1.29, 1.82) is 0 Å². The second kappa shape index (κ2) is 29.4. The molecule has 0 saturated heterocycles. The van der Waals surface area contributed by atoms with Crippen molar-refractivity contribution in [2.75, 3.05) is 6.61 Å². The molecule has 0 rings (SSSR count). The summed E-state index contributed by atoms with van der Waals surface area (Å²) in [6.45, 7) is 7.56. The average molecular weight is 493 g/mol. The molecule has 0 aromatic rings. The van der Waals surface area contributed by atoms with E-state index in [4.69, 9.17) is 4.74 Å². The molecule has 2 nitrogen and oxygen atoms in total. The summed E-state index contributed by atoms with van der Waals surface area (Å²) in [6, 6.07) is 0. The van der Waals surface area contributed by atoms with Gasteiger partial charge in [0.1, 0.15) is 0 Å². The van der Waals surface area contributed by atoms with E-state index in [1.165, 1.54) is 135 Å². The van der Waals surface area contributed by atoms with Crippen LogP contribution in [0.3, 0.4) is 0 Å². The van der Waals surface area contributed by atoms with Gasteiger partial charge in [-0.15, -0.1) is 0 Å². The summed E-state index contributed by atoms with van der Waals surface area (Å²) in [7, 11) is 0. The predicted octanol–water partition coefficient (Wildman–Crippen LogP) is 11.5. The predicted molar refractivity (Wildman–Crippen MR) is 156 cm³/mol. The molecule has 0 fully saturated rings. The smallest absolute Gasteiger partial charge is 0.305 e. The third kappa shape index (κ3) is 29.3. The first-order chi connectivity index (χ1) is 17.2.